The Kier molecular flexibility index (Phi) is 11.2. The normalized spacial score (nSPS) is 11.3. The first-order valence-corrected chi connectivity index (χ1v) is 24.6. The van der Waals surface area contributed by atoms with Gasteiger partial charge >= 0.3 is 0 Å². The number of nitrogens with zero attached hydrogens (tertiary/aromatic N) is 3. The smallest absolute Gasteiger partial charge is 0.143 e. The molecule has 4 heterocycles. The van der Waals surface area contributed by atoms with E-state index in [2.05, 4.69) is 222 Å². The van der Waals surface area contributed by atoms with Crippen LogP contribution in [0.4, 0.5) is 0 Å². The van der Waals surface area contributed by atoms with E-state index in [1.165, 1.54) is 0 Å². The minimum atomic E-state index is 0.860. The van der Waals surface area contributed by atoms with Gasteiger partial charge in [0.2, 0.25) is 0 Å². The molecule has 0 fully saturated rings. The first kappa shape index (κ1) is 43.3. The van der Waals surface area contributed by atoms with Crippen LogP contribution in [0.3, 0.4) is 0 Å². The van der Waals surface area contributed by atoms with Gasteiger partial charge in [0.05, 0.1) is 17.1 Å². The van der Waals surface area contributed by atoms with E-state index in [0.717, 1.165) is 134 Å². The Morgan fingerprint density at radius 2 is 0.589 bits per heavy atom. The number of hydrogen-bond donors (Lipinski definition) is 0. The molecule has 0 spiro atoms. The van der Waals surface area contributed by atoms with Crippen LogP contribution in [0.2, 0.25) is 0 Å². The van der Waals surface area contributed by atoms with Gasteiger partial charge in [0.15, 0.2) is 0 Å². The van der Waals surface area contributed by atoms with E-state index in [4.69, 9.17) is 9.40 Å². The summed E-state index contributed by atoms with van der Waals surface area (Å²) in [6.07, 6.45) is 5.54. The Hall–Kier alpha value is -9.77. The summed E-state index contributed by atoms with van der Waals surface area (Å²) in [6.45, 7) is 0. The molecule has 0 N–H and O–H groups in total. The maximum Gasteiger partial charge on any atom is 0.143 e. The Morgan fingerprint density at radius 3 is 1.10 bits per heavy atom. The number of pyridine rings is 3. The quantitative estimate of drug-likeness (QED) is 0.137. The lowest BCUT2D eigenvalue weighted by molar-refractivity contribution is 0.670. The zero-order chi connectivity index (χ0) is 48.5. The van der Waals surface area contributed by atoms with Crippen LogP contribution < -0.4 is 0 Å². The average molecular weight is 932 g/mol. The number of furan rings is 1. The van der Waals surface area contributed by atoms with E-state index in [-0.39, 0.29) is 0 Å². The molecule has 0 aliphatic carbocycles. The van der Waals surface area contributed by atoms with Gasteiger partial charge in [-0.05, 0) is 139 Å². The van der Waals surface area contributed by atoms with Crippen molar-refractivity contribution in [1.29, 1.82) is 0 Å². The summed E-state index contributed by atoms with van der Waals surface area (Å²) < 4.78 is 6.75. The fraction of sp³-hybridized carbons (Fsp3) is 0. The van der Waals surface area contributed by atoms with E-state index < -0.39 is 0 Å². The molecule has 0 unspecified atom stereocenters. The third kappa shape index (κ3) is 8.27. The van der Waals surface area contributed by atoms with Crippen molar-refractivity contribution in [3.63, 3.8) is 0 Å². The standard InChI is InChI=1S/C69H45N3O/c1-3-18-56(54(16-1)46-29-33-48(34-30-46)65-25-9-12-39-70-65)51-42-52(57-19-4-2-17-55(57)47-31-35-49(36-32-47)66-26-10-13-40-71-66)44-53(43-51)58-20-5-6-21-59(58)60-38-37-50(67-27-11-14-41-72-67)45-64(60)63-24-15-23-62-61-22-7-8-28-68(61)73-69(62)63/h1-45H. The molecule has 4 heteroatoms. The summed E-state index contributed by atoms with van der Waals surface area (Å²) in [6, 6.07) is 90.7. The Morgan fingerprint density at radius 1 is 0.219 bits per heavy atom. The predicted octanol–water partition coefficient (Wildman–Crippen LogP) is 18.4. The molecule has 342 valence electrons. The van der Waals surface area contributed by atoms with Crippen LogP contribution in [-0.2, 0) is 0 Å². The van der Waals surface area contributed by atoms with Crippen LogP contribution in [0.5, 0.6) is 0 Å². The molecule has 0 bridgehead atoms. The van der Waals surface area contributed by atoms with Gasteiger partial charge in [-0.25, -0.2) is 0 Å². The number of aromatic nitrogens is 3. The molecular formula is C69H45N3O. The molecular weight excluding hydrogens is 887 g/mol. The van der Waals surface area contributed by atoms with Crippen molar-refractivity contribution in [2.24, 2.45) is 0 Å². The number of benzene rings is 9. The second kappa shape index (κ2) is 18.9. The Labute approximate surface area is 424 Å². The summed E-state index contributed by atoms with van der Waals surface area (Å²) in [5.41, 5.74) is 23.3. The summed E-state index contributed by atoms with van der Waals surface area (Å²) in [7, 11) is 0. The highest BCUT2D eigenvalue weighted by molar-refractivity contribution is 6.11. The lowest BCUT2D eigenvalue weighted by Gasteiger charge is -2.19. The minimum absolute atomic E-state index is 0.860. The number of hydrogen-bond acceptors (Lipinski definition) is 4. The van der Waals surface area contributed by atoms with Gasteiger partial charge in [0.1, 0.15) is 11.2 Å². The monoisotopic (exact) mass is 931 g/mol. The molecule has 0 atom stereocenters. The molecule has 73 heavy (non-hydrogen) atoms. The molecule has 13 rings (SSSR count). The maximum absolute atomic E-state index is 6.75. The van der Waals surface area contributed by atoms with Crippen molar-refractivity contribution >= 4 is 21.9 Å². The fourth-order valence-electron chi connectivity index (χ4n) is 10.4. The maximum atomic E-state index is 6.75. The van der Waals surface area contributed by atoms with E-state index in [9.17, 15) is 0 Å². The molecule has 0 saturated heterocycles. The largest absolute Gasteiger partial charge is 0.455 e. The second-order valence-corrected chi connectivity index (χ2v) is 18.3. The van der Waals surface area contributed by atoms with Crippen LogP contribution in [0.15, 0.2) is 278 Å². The van der Waals surface area contributed by atoms with Crippen molar-refractivity contribution < 1.29 is 4.42 Å². The summed E-state index contributed by atoms with van der Waals surface area (Å²) in [4.78, 5) is 14.0. The third-order valence-corrected chi connectivity index (χ3v) is 13.9. The highest BCUT2D eigenvalue weighted by atomic mass is 16.3. The van der Waals surface area contributed by atoms with E-state index in [0.29, 0.717) is 0 Å². The van der Waals surface area contributed by atoms with Gasteiger partial charge < -0.3 is 4.42 Å². The van der Waals surface area contributed by atoms with Crippen LogP contribution in [0.25, 0.3) is 134 Å². The highest BCUT2D eigenvalue weighted by Crippen LogP contribution is 2.46. The van der Waals surface area contributed by atoms with Crippen LogP contribution in [0.1, 0.15) is 0 Å². The van der Waals surface area contributed by atoms with Gasteiger partial charge in [0.25, 0.3) is 0 Å². The van der Waals surface area contributed by atoms with Crippen LogP contribution in [-0.4, -0.2) is 15.0 Å². The molecule has 0 radical (unpaired) electrons. The Balaban J connectivity index is 1.01. The first-order valence-electron chi connectivity index (χ1n) is 24.6. The molecule has 0 aliphatic heterocycles. The third-order valence-electron chi connectivity index (χ3n) is 13.9. The molecule has 13 aromatic rings. The summed E-state index contributed by atoms with van der Waals surface area (Å²) in [5.74, 6) is 0. The second-order valence-electron chi connectivity index (χ2n) is 18.3. The molecule has 4 nitrogen and oxygen atoms in total. The van der Waals surface area contributed by atoms with E-state index in [1.807, 2.05) is 61.1 Å². The topological polar surface area (TPSA) is 51.8 Å². The fourth-order valence-corrected chi connectivity index (χ4v) is 10.4. The zero-order valence-electron chi connectivity index (χ0n) is 39.7. The Bertz CT molecular complexity index is 3960. The minimum Gasteiger partial charge on any atom is -0.455 e. The zero-order valence-corrected chi connectivity index (χ0v) is 39.7. The summed E-state index contributed by atoms with van der Waals surface area (Å²) in [5, 5.41) is 2.18. The van der Waals surface area contributed by atoms with Gasteiger partial charge in [-0.2, -0.15) is 0 Å². The van der Waals surface area contributed by atoms with Crippen molar-refractivity contribution in [2.75, 3.05) is 0 Å². The predicted molar refractivity (Wildman–Crippen MR) is 301 cm³/mol. The lowest BCUT2D eigenvalue weighted by atomic mass is 9.84. The summed E-state index contributed by atoms with van der Waals surface area (Å²) >= 11 is 0. The van der Waals surface area contributed by atoms with E-state index in [1.54, 1.807) is 0 Å². The molecule has 9 aromatic carbocycles. The molecule has 0 saturated carbocycles. The van der Waals surface area contributed by atoms with Crippen molar-refractivity contribution in [3.8, 4) is 112 Å². The van der Waals surface area contributed by atoms with Crippen molar-refractivity contribution in [3.05, 3.63) is 273 Å². The van der Waals surface area contributed by atoms with Crippen LogP contribution >= 0.6 is 0 Å². The lowest BCUT2D eigenvalue weighted by Crippen LogP contribution is -1.94. The molecule has 4 aromatic heterocycles. The molecule has 0 aliphatic rings. The van der Waals surface area contributed by atoms with Gasteiger partial charge in [0, 0.05) is 51.6 Å². The van der Waals surface area contributed by atoms with E-state index >= 15 is 0 Å². The van der Waals surface area contributed by atoms with Crippen molar-refractivity contribution in [2.45, 2.75) is 0 Å². The number of fused-ring (bicyclic) bond motifs is 3. The molecule has 0 amide bonds. The van der Waals surface area contributed by atoms with Gasteiger partial charge in [-0.15, -0.1) is 0 Å². The number of rotatable bonds is 10. The van der Waals surface area contributed by atoms with Gasteiger partial charge in [-0.3, -0.25) is 15.0 Å². The first-order chi connectivity index (χ1) is 36.2. The van der Waals surface area contributed by atoms with Gasteiger partial charge in [-0.1, -0.05) is 188 Å². The number of para-hydroxylation sites is 2. The van der Waals surface area contributed by atoms with Crippen molar-refractivity contribution in [1.82, 2.24) is 15.0 Å². The highest BCUT2D eigenvalue weighted by Gasteiger charge is 2.21. The SMILES string of the molecule is c1ccc(-c2ccc(-c3ccccc3-c3cc(-c4ccccc4-c4ccc(-c5ccccn5)cc4)cc(-c4ccccc4-c4ccc(-c5ccccn5)cc4-c4cccc5c4oc4ccccc45)c3)cc2)nc1. The average Bonchev–Trinajstić information content (AvgIpc) is 3.87. The van der Waals surface area contributed by atoms with Crippen LogP contribution in [0, 0.1) is 0 Å².